The zero-order valence-electron chi connectivity index (χ0n) is 13.0. The third kappa shape index (κ3) is 5.71. The minimum atomic E-state index is 0.463. The van der Waals surface area contributed by atoms with Gasteiger partial charge in [-0.05, 0) is 47.0 Å². The molecule has 1 aromatic carbocycles. The maximum absolute atomic E-state index is 5.85. The molecule has 0 bridgehead atoms. The number of unbranched alkanes of at least 4 members (excludes halogenated alkanes) is 1. The van der Waals surface area contributed by atoms with E-state index in [1.54, 1.807) is 0 Å². The van der Waals surface area contributed by atoms with Crippen LogP contribution in [0.5, 0.6) is 11.5 Å². The van der Waals surface area contributed by atoms with Gasteiger partial charge in [-0.1, -0.05) is 27.2 Å². The zero-order valence-corrected chi connectivity index (χ0v) is 14.5. The average Bonchev–Trinajstić information content (AvgIpc) is 2.39. The van der Waals surface area contributed by atoms with E-state index in [1.807, 2.05) is 6.92 Å². The number of nitrogens with one attached hydrogen (secondary N) is 1. The predicted octanol–water partition coefficient (Wildman–Crippen LogP) is 4.52. The van der Waals surface area contributed by atoms with Crippen molar-refractivity contribution in [2.24, 2.45) is 0 Å². The van der Waals surface area contributed by atoms with Gasteiger partial charge in [0.05, 0.1) is 17.7 Å². The summed E-state index contributed by atoms with van der Waals surface area (Å²) in [6.45, 7) is 10.6. The summed E-state index contributed by atoms with van der Waals surface area (Å²) in [6, 6.07) is 4.62. The van der Waals surface area contributed by atoms with Crippen LogP contribution in [0.1, 0.15) is 46.1 Å². The van der Waals surface area contributed by atoms with Crippen molar-refractivity contribution in [2.45, 2.75) is 53.1 Å². The van der Waals surface area contributed by atoms with E-state index in [0.29, 0.717) is 12.6 Å². The molecule has 0 aliphatic rings. The van der Waals surface area contributed by atoms with Gasteiger partial charge in [-0.2, -0.15) is 0 Å². The topological polar surface area (TPSA) is 30.5 Å². The van der Waals surface area contributed by atoms with Crippen LogP contribution in [0.2, 0.25) is 0 Å². The Labute approximate surface area is 131 Å². The number of benzene rings is 1. The molecule has 4 heteroatoms. The Kier molecular flexibility index (Phi) is 8.00. The molecular formula is C16H26BrNO2. The van der Waals surface area contributed by atoms with Crippen molar-refractivity contribution in [1.82, 2.24) is 5.32 Å². The van der Waals surface area contributed by atoms with Crippen LogP contribution in [0.4, 0.5) is 0 Å². The average molecular weight is 344 g/mol. The lowest BCUT2D eigenvalue weighted by Gasteiger charge is -2.16. The van der Waals surface area contributed by atoms with E-state index in [0.717, 1.165) is 42.0 Å². The fourth-order valence-electron chi connectivity index (χ4n) is 1.77. The standard InChI is InChI=1S/C16H26BrNO2/c1-5-7-8-20-16-14(17)9-13(11-18-12(3)4)10-15(16)19-6-2/h9-10,12,18H,5-8,11H2,1-4H3. The van der Waals surface area contributed by atoms with Crippen molar-refractivity contribution < 1.29 is 9.47 Å². The molecule has 114 valence electrons. The summed E-state index contributed by atoms with van der Waals surface area (Å²) >= 11 is 3.59. The van der Waals surface area contributed by atoms with Gasteiger partial charge in [0, 0.05) is 12.6 Å². The molecule has 0 spiro atoms. The number of hydrogen-bond donors (Lipinski definition) is 1. The molecule has 3 nitrogen and oxygen atoms in total. The van der Waals surface area contributed by atoms with Crippen molar-refractivity contribution in [3.63, 3.8) is 0 Å². The molecule has 0 aromatic heterocycles. The second-order valence-electron chi connectivity index (χ2n) is 5.08. The Morgan fingerprint density at radius 2 is 1.95 bits per heavy atom. The van der Waals surface area contributed by atoms with E-state index in [4.69, 9.17) is 9.47 Å². The maximum atomic E-state index is 5.85. The number of ether oxygens (including phenoxy) is 2. The van der Waals surface area contributed by atoms with Crippen molar-refractivity contribution in [2.75, 3.05) is 13.2 Å². The van der Waals surface area contributed by atoms with Gasteiger partial charge >= 0.3 is 0 Å². The third-order valence-corrected chi connectivity index (χ3v) is 3.42. The smallest absolute Gasteiger partial charge is 0.175 e. The van der Waals surface area contributed by atoms with Gasteiger partial charge in [-0.25, -0.2) is 0 Å². The molecule has 0 aliphatic carbocycles. The molecule has 0 unspecified atom stereocenters. The molecule has 0 radical (unpaired) electrons. The lowest BCUT2D eigenvalue weighted by molar-refractivity contribution is 0.271. The SMILES string of the molecule is CCCCOc1c(Br)cc(CNC(C)C)cc1OCC. The van der Waals surface area contributed by atoms with Crippen LogP contribution in [-0.2, 0) is 6.54 Å². The Hall–Kier alpha value is -0.740. The van der Waals surface area contributed by atoms with E-state index in [9.17, 15) is 0 Å². The van der Waals surface area contributed by atoms with Gasteiger partial charge in [0.25, 0.3) is 0 Å². The highest BCUT2D eigenvalue weighted by molar-refractivity contribution is 9.10. The maximum Gasteiger partial charge on any atom is 0.175 e. The molecule has 0 saturated heterocycles. The van der Waals surface area contributed by atoms with Crippen LogP contribution in [0, 0.1) is 0 Å². The van der Waals surface area contributed by atoms with Gasteiger partial charge in [-0.15, -0.1) is 0 Å². The second-order valence-corrected chi connectivity index (χ2v) is 5.93. The van der Waals surface area contributed by atoms with Crippen LogP contribution in [0.3, 0.4) is 0 Å². The van der Waals surface area contributed by atoms with Crippen LogP contribution in [0.25, 0.3) is 0 Å². The third-order valence-electron chi connectivity index (χ3n) is 2.83. The summed E-state index contributed by atoms with van der Waals surface area (Å²) in [5, 5.41) is 3.41. The van der Waals surface area contributed by atoms with Crippen LogP contribution >= 0.6 is 15.9 Å². The molecule has 0 fully saturated rings. The zero-order chi connectivity index (χ0) is 15.0. The first-order valence-electron chi connectivity index (χ1n) is 7.39. The number of rotatable bonds is 9. The highest BCUT2D eigenvalue weighted by Gasteiger charge is 2.12. The fraction of sp³-hybridized carbons (Fsp3) is 0.625. The van der Waals surface area contributed by atoms with Crippen LogP contribution in [-0.4, -0.2) is 19.3 Å². The Morgan fingerprint density at radius 3 is 2.55 bits per heavy atom. The first kappa shape index (κ1) is 17.3. The second kappa shape index (κ2) is 9.24. The molecule has 0 amide bonds. The van der Waals surface area contributed by atoms with Gasteiger partial charge in [0.1, 0.15) is 0 Å². The van der Waals surface area contributed by atoms with Crippen molar-refractivity contribution >= 4 is 15.9 Å². The lowest BCUT2D eigenvalue weighted by atomic mass is 10.2. The molecule has 1 rings (SSSR count). The monoisotopic (exact) mass is 343 g/mol. The van der Waals surface area contributed by atoms with Gasteiger partial charge in [-0.3, -0.25) is 0 Å². The molecular weight excluding hydrogens is 318 g/mol. The molecule has 0 saturated carbocycles. The van der Waals surface area contributed by atoms with Gasteiger partial charge in [0.2, 0.25) is 0 Å². The number of halogens is 1. The Morgan fingerprint density at radius 1 is 1.20 bits per heavy atom. The Bertz CT molecular complexity index is 408. The van der Waals surface area contributed by atoms with Crippen molar-refractivity contribution in [3.05, 3.63) is 22.2 Å². The van der Waals surface area contributed by atoms with Gasteiger partial charge in [0.15, 0.2) is 11.5 Å². The summed E-state index contributed by atoms with van der Waals surface area (Å²) in [4.78, 5) is 0. The first-order chi connectivity index (χ1) is 9.58. The first-order valence-corrected chi connectivity index (χ1v) is 8.19. The Balaban J connectivity index is 2.87. The lowest BCUT2D eigenvalue weighted by Crippen LogP contribution is -2.21. The van der Waals surface area contributed by atoms with E-state index < -0.39 is 0 Å². The highest BCUT2D eigenvalue weighted by Crippen LogP contribution is 2.37. The summed E-state index contributed by atoms with van der Waals surface area (Å²) in [5.41, 5.74) is 1.19. The molecule has 1 N–H and O–H groups in total. The summed E-state index contributed by atoms with van der Waals surface area (Å²) in [6.07, 6.45) is 2.17. The molecule has 0 aliphatic heterocycles. The number of hydrogen-bond acceptors (Lipinski definition) is 3. The van der Waals surface area contributed by atoms with Crippen LogP contribution in [0.15, 0.2) is 16.6 Å². The summed E-state index contributed by atoms with van der Waals surface area (Å²) < 4.78 is 12.5. The predicted molar refractivity (Wildman–Crippen MR) is 87.7 cm³/mol. The molecule has 0 heterocycles. The highest BCUT2D eigenvalue weighted by atomic mass is 79.9. The van der Waals surface area contributed by atoms with Crippen molar-refractivity contribution in [3.8, 4) is 11.5 Å². The molecule has 1 aromatic rings. The van der Waals surface area contributed by atoms with Crippen LogP contribution < -0.4 is 14.8 Å². The van der Waals surface area contributed by atoms with Gasteiger partial charge < -0.3 is 14.8 Å². The largest absolute Gasteiger partial charge is 0.490 e. The van der Waals surface area contributed by atoms with E-state index in [2.05, 4.69) is 54.2 Å². The minimum Gasteiger partial charge on any atom is -0.490 e. The normalized spacial score (nSPS) is 10.9. The van der Waals surface area contributed by atoms with E-state index in [1.165, 1.54) is 5.56 Å². The minimum absolute atomic E-state index is 0.463. The van der Waals surface area contributed by atoms with Crippen molar-refractivity contribution in [1.29, 1.82) is 0 Å². The quantitative estimate of drug-likeness (QED) is 0.668. The molecule has 20 heavy (non-hydrogen) atoms. The van der Waals surface area contributed by atoms with E-state index in [-0.39, 0.29) is 0 Å². The summed E-state index contributed by atoms with van der Waals surface area (Å²) in [5.74, 6) is 1.63. The van der Waals surface area contributed by atoms with E-state index >= 15 is 0 Å². The summed E-state index contributed by atoms with van der Waals surface area (Å²) in [7, 11) is 0. The molecule has 0 atom stereocenters. The fourth-order valence-corrected chi connectivity index (χ4v) is 2.37.